The Labute approximate surface area is 194 Å². The minimum absolute atomic E-state index is 0.0208. The molecule has 2 aliphatic rings. The Kier molecular flexibility index (Phi) is 6.65. The van der Waals surface area contributed by atoms with Crippen LogP contribution in [0.5, 0.6) is 0 Å². The van der Waals surface area contributed by atoms with Gasteiger partial charge in [0.1, 0.15) is 0 Å². The highest BCUT2D eigenvalue weighted by Gasteiger charge is 2.32. The second kappa shape index (κ2) is 10.1. The van der Waals surface area contributed by atoms with Gasteiger partial charge in [0, 0.05) is 42.4 Å². The number of likely N-dealkylation sites (tertiary alicyclic amines) is 1. The summed E-state index contributed by atoms with van der Waals surface area (Å²) in [6.07, 6.45) is 7.41. The van der Waals surface area contributed by atoms with E-state index in [-0.39, 0.29) is 18.1 Å². The van der Waals surface area contributed by atoms with Crippen molar-refractivity contribution in [1.29, 1.82) is 0 Å². The third-order valence-electron chi connectivity index (χ3n) is 6.23. The number of ether oxygens (including phenoxy) is 2. The molecule has 0 bridgehead atoms. The van der Waals surface area contributed by atoms with Crippen LogP contribution in [-0.4, -0.2) is 53.2 Å². The molecule has 6 nitrogen and oxygen atoms in total. The number of hydrogen-bond donors (Lipinski definition) is 0. The van der Waals surface area contributed by atoms with Gasteiger partial charge in [0.15, 0.2) is 6.29 Å². The molecule has 0 aliphatic carbocycles. The molecule has 0 radical (unpaired) electrons. The van der Waals surface area contributed by atoms with Crippen molar-refractivity contribution in [3.05, 3.63) is 84.1 Å². The molecule has 170 valence electrons. The lowest BCUT2D eigenvalue weighted by molar-refractivity contribution is -0.134. The third kappa shape index (κ3) is 5.24. The fourth-order valence-corrected chi connectivity index (χ4v) is 4.58. The summed E-state index contributed by atoms with van der Waals surface area (Å²) in [5.74, 6) is 0.264. The maximum atomic E-state index is 13.0. The minimum atomic E-state index is -0.175. The molecule has 0 saturated carbocycles. The van der Waals surface area contributed by atoms with E-state index in [2.05, 4.69) is 12.1 Å². The average Bonchev–Trinajstić information content (AvgIpc) is 3.54. The molecule has 2 fully saturated rings. The molecule has 1 unspecified atom stereocenters. The normalized spacial score (nSPS) is 19.4. The van der Waals surface area contributed by atoms with Crippen LogP contribution >= 0.6 is 0 Å². The maximum Gasteiger partial charge on any atom is 0.246 e. The molecule has 1 atom stereocenters. The fraction of sp³-hybridized carbons (Fsp3) is 0.333. The summed E-state index contributed by atoms with van der Waals surface area (Å²) in [6, 6.07) is 20.4. The molecule has 6 heteroatoms. The quantitative estimate of drug-likeness (QED) is 0.535. The first-order valence-corrected chi connectivity index (χ1v) is 11.6. The summed E-state index contributed by atoms with van der Waals surface area (Å²) < 4.78 is 13.3. The second-order valence-electron chi connectivity index (χ2n) is 8.61. The number of hydrogen-bond acceptors (Lipinski definition) is 4. The lowest BCUT2D eigenvalue weighted by atomic mass is 9.97. The number of rotatable bonds is 6. The standard InChI is InChI=1S/C27H29N3O3/c31-25(29-15-7-12-24(19-29)27-32-16-17-33-27)14-13-23-20-30(18-21-8-3-1-4-9-21)28-26(23)22-10-5-2-6-11-22/h1-6,8-11,13-14,20,24,27H,7,12,15-19H2/b14-13+. The molecule has 2 aliphatic heterocycles. The van der Waals surface area contributed by atoms with E-state index in [4.69, 9.17) is 14.6 Å². The monoisotopic (exact) mass is 443 g/mol. The smallest absolute Gasteiger partial charge is 0.246 e. The lowest BCUT2D eigenvalue weighted by Gasteiger charge is -2.34. The van der Waals surface area contributed by atoms with E-state index in [9.17, 15) is 4.79 Å². The predicted octanol–water partition coefficient (Wildman–Crippen LogP) is 4.22. The van der Waals surface area contributed by atoms with Gasteiger partial charge in [-0.05, 0) is 24.5 Å². The summed E-state index contributed by atoms with van der Waals surface area (Å²) in [7, 11) is 0. The van der Waals surface area contributed by atoms with E-state index < -0.39 is 0 Å². The lowest BCUT2D eigenvalue weighted by Crippen LogP contribution is -2.43. The highest BCUT2D eigenvalue weighted by Crippen LogP contribution is 2.26. The van der Waals surface area contributed by atoms with Crippen molar-refractivity contribution in [2.75, 3.05) is 26.3 Å². The van der Waals surface area contributed by atoms with Crippen molar-refractivity contribution < 1.29 is 14.3 Å². The summed E-state index contributed by atoms with van der Waals surface area (Å²) in [6.45, 7) is 3.41. The van der Waals surface area contributed by atoms with Gasteiger partial charge < -0.3 is 14.4 Å². The van der Waals surface area contributed by atoms with Crippen LogP contribution < -0.4 is 0 Å². The summed E-state index contributed by atoms with van der Waals surface area (Å²) in [5, 5.41) is 4.84. The van der Waals surface area contributed by atoms with E-state index >= 15 is 0 Å². The van der Waals surface area contributed by atoms with Gasteiger partial charge in [-0.25, -0.2) is 0 Å². The molecule has 1 aromatic heterocycles. The van der Waals surface area contributed by atoms with Crippen LogP contribution in [0.3, 0.4) is 0 Å². The number of aromatic nitrogens is 2. The van der Waals surface area contributed by atoms with Crippen molar-refractivity contribution in [2.45, 2.75) is 25.7 Å². The van der Waals surface area contributed by atoms with Gasteiger partial charge in [-0.3, -0.25) is 9.48 Å². The number of piperidine rings is 1. The Hall–Kier alpha value is -3.22. The predicted molar refractivity (Wildman–Crippen MR) is 127 cm³/mol. The zero-order valence-corrected chi connectivity index (χ0v) is 18.7. The van der Waals surface area contributed by atoms with Crippen molar-refractivity contribution in [3.63, 3.8) is 0 Å². The molecule has 0 spiro atoms. The number of benzene rings is 2. The van der Waals surface area contributed by atoms with E-state index in [0.717, 1.165) is 36.2 Å². The largest absolute Gasteiger partial charge is 0.350 e. The Bertz CT molecular complexity index is 1090. The zero-order valence-electron chi connectivity index (χ0n) is 18.7. The molecule has 0 N–H and O–H groups in total. The van der Waals surface area contributed by atoms with Crippen LogP contribution in [0.25, 0.3) is 17.3 Å². The van der Waals surface area contributed by atoms with Crippen molar-refractivity contribution in [2.24, 2.45) is 5.92 Å². The zero-order chi connectivity index (χ0) is 22.5. The molecule has 2 saturated heterocycles. The van der Waals surface area contributed by atoms with Crippen LogP contribution in [-0.2, 0) is 20.8 Å². The highest BCUT2D eigenvalue weighted by molar-refractivity contribution is 5.93. The Balaban J connectivity index is 1.34. The van der Waals surface area contributed by atoms with Gasteiger partial charge in [-0.2, -0.15) is 5.10 Å². The van der Waals surface area contributed by atoms with Crippen LogP contribution in [0.4, 0.5) is 0 Å². The van der Waals surface area contributed by atoms with Gasteiger partial charge in [-0.1, -0.05) is 60.7 Å². The van der Waals surface area contributed by atoms with Crippen molar-refractivity contribution >= 4 is 12.0 Å². The maximum absolute atomic E-state index is 13.0. The number of carbonyl (C=O) groups excluding carboxylic acids is 1. The Morgan fingerprint density at radius 2 is 1.76 bits per heavy atom. The summed E-state index contributed by atoms with van der Waals surface area (Å²) >= 11 is 0. The SMILES string of the molecule is O=C(/C=C/c1cn(Cc2ccccc2)nc1-c1ccccc1)N1CCCC(C2OCCO2)C1. The molecular formula is C27H29N3O3. The van der Waals surface area contributed by atoms with Gasteiger partial charge in [0.05, 0.1) is 25.5 Å². The van der Waals surface area contributed by atoms with Gasteiger partial charge in [0.2, 0.25) is 5.91 Å². The highest BCUT2D eigenvalue weighted by atomic mass is 16.7. The number of nitrogens with zero attached hydrogens (tertiary/aromatic N) is 3. The van der Waals surface area contributed by atoms with Crippen molar-refractivity contribution in [3.8, 4) is 11.3 Å². The van der Waals surface area contributed by atoms with E-state index in [1.807, 2.05) is 70.4 Å². The van der Waals surface area contributed by atoms with E-state index in [1.54, 1.807) is 6.08 Å². The van der Waals surface area contributed by atoms with Gasteiger partial charge in [0.25, 0.3) is 0 Å². The first-order valence-electron chi connectivity index (χ1n) is 11.6. The average molecular weight is 444 g/mol. The molecule has 1 amide bonds. The summed E-state index contributed by atoms with van der Waals surface area (Å²) in [5.41, 5.74) is 4.02. The Morgan fingerprint density at radius 1 is 1.03 bits per heavy atom. The number of carbonyl (C=O) groups is 1. The second-order valence-corrected chi connectivity index (χ2v) is 8.61. The van der Waals surface area contributed by atoms with E-state index in [1.165, 1.54) is 5.56 Å². The minimum Gasteiger partial charge on any atom is -0.350 e. The molecule has 2 aromatic carbocycles. The van der Waals surface area contributed by atoms with E-state index in [0.29, 0.717) is 26.3 Å². The van der Waals surface area contributed by atoms with Crippen LogP contribution in [0.2, 0.25) is 0 Å². The number of amides is 1. The third-order valence-corrected chi connectivity index (χ3v) is 6.23. The molecule has 3 aromatic rings. The first-order chi connectivity index (χ1) is 16.3. The van der Waals surface area contributed by atoms with Crippen LogP contribution in [0.1, 0.15) is 24.0 Å². The van der Waals surface area contributed by atoms with Crippen LogP contribution in [0, 0.1) is 5.92 Å². The van der Waals surface area contributed by atoms with Gasteiger partial charge >= 0.3 is 0 Å². The molecule has 3 heterocycles. The summed E-state index contributed by atoms with van der Waals surface area (Å²) in [4.78, 5) is 14.9. The van der Waals surface area contributed by atoms with Gasteiger partial charge in [-0.15, -0.1) is 0 Å². The van der Waals surface area contributed by atoms with Crippen LogP contribution in [0.15, 0.2) is 72.9 Å². The fourth-order valence-electron chi connectivity index (χ4n) is 4.58. The first kappa shape index (κ1) is 21.6. The topological polar surface area (TPSA) is 56.6 Å². The molecule has 33 heavy (non-hydrogen) atoms. The molecule has 5 rings (SSSR count). The molecular weight excluding hydrogens is 414 g/mol. The Morgan fingerprint density at radius 3 is 2.52 bits per heavy atom. The van der Waals surface area contributed by atoms with Crippen molar-refractivity contribution in [1.82, 2.24) is 14.7 Å².